The maximum atomic E-state index is 7.15. The van der Waals surface area contributed by atoms with Gasteiger partial charge in [-0.05, 0) is 110 Å². The lowest BCUT2D eigenvalue weighted by molar-refractivity contribution is 0.418. The highest BCUT2D eigenvalue weighted by Crippen LogP contribution is 2.51. The van der Waals surface area contributed by atoms with Crippen molar-refractivity contribution in [2.45, 2.75) is 19.3 Å². The first-order valence-electron chi connectivity index (χ1n) is 22.1. The molecule has 0 N–H and O–H groups in total. The van der Waals surface area contributed by atoms with E-state index in [9.17, 15) is 0 Å². The summed E-state index contributed by atoms with van der Waals surface area (Å²) in [6.07, 6.45) is 0. The molecule has 0 saturated heterocycles. The number of ether oxygens (including phenoxy) is 2. The molecule has 3 aliphatic rings. The lowest BCUT2D eigenvalue weighted by Crippen LogP contribution is -2.59. The van der Waals surface area contributed by atoms with Crippen LogP contribution in [0.1, 0.15) is 25.0 Å². The van der Waals surface area contributed by atoms with Crippen molar-refractivity contribution in [3.63, 3.8) is 0 Å². The Labute approximate surface area is 373 Å². The number of nitrogens with zero attached hydrogens (tertiary/aromatic N) is 2. The predicted molar refractivity (Wildman–Crippen MR) is 266 cm³/mol. The molecule has 302 valence electrons. The second kappa shape index (κ2) is 14.0. The van der Waals surface area contributed by atoms with Gasteiger partial charge in [0.15, 0.2) is 0 Å². The maximum Gasteiger partial charge on any atom is 0.257 e. The first kappa shape index (κ1) is 36.6. The number of benzene rings is 10. The largest absolute Gasteiger partial charge is 0.458 e. The monoisotopic (exact) mass is 820 g/mol. The molecule has 10 aromatic carbocycles. The SMILES string of the molecule is CC1(C)c2ccccc2Oc2ccc(N(c3ccc(-c4ccccc4)cc3)c3ccc4c(c3)Oc3cccc5c3B4c3c(c4ccccc4c4ccccc34)N5c3ccccc3)cc21. The van der Waals surface area contributed by atoms with Crippen molar-refractivity contribution in [3.8, 4) is 34.1 Å². The van der Waals surface area contributed by atoms with Crippen LogP contribution in [-0.4, -0.2) is 6.71 Å². The molecule has 0 atom stereocenters. The third-order valence-electron chi connectivity index (χ3n) is 13.7. The molecule has 10 aromatic rings. The van der Waals surface area contributed by atoms with Gasteiger partial charge in [0, 0.05) is 62.1 Å². The average Bonchev–Trinajstić information content (AvgIpc) is 3.35. The Balaban J connectivity index is 1.02. The summed E-state index contributed by atoms with van der Waals surface area (Å²) in [5, 5.41) is 4.98. The summed E-state index contributed by atoms with van der Waals surface area (Å²) in [5.41, 5.74) is 14.6. The van der Waals surface area contributed by atoms with Gasteiger partial charge in [-0.25, -0.2) is 0 Å². The summed E-state index contributed by atoms with van der Waals surface area (Å²) >= 11 is 0. The Morgan fingerprint density at radius 1 is 0.422 bits per heavy atom. The Hall–Kier alpha value is -8.02. The third-order valence-corrected chi connectivity index (χ3v) is 13.7. The molecule has 5 heteroatoms. The van der Waals surface area contributed by atoms with Crippen LogP contribution in [0.4, 0.5) is 34.1 Å². The summed E-state index contributed by atoms with van der Waals surface area (Å²) < 4.78 is 13.7. The minimum Gasteiger partial charge on any atom is -0.458 e. The van der Waals surface area contributed by atoms with E-state index in [0.717, 1.165) is 62.5 Å². The second-order valence-electron chi connectivity index (χ2n) is 17.6. The van der Waals surface area contributed by atoms with Crippen molar-refractivity contribution in [2.75, 3.05) is 9.80 Å². The smallest absolute Gasteiger partial charge is 0.257 e. The highest BCUT2D eigenvalue weighted by atomic mass is 16.5. The van der Waals surface area contributed by atoms with Gasteiger partial charge in [0.2, 0.25) is 0 Å². The van der Waals surface area contributed by atoms with Crippen molar-refractivity contribution in [1.82, 2.24) is 0 Å². The van der Waals surface area contributed by atoms with Crippen LogP contribution in [0.5, 0.6) is 23.0 Å². The Kier molecular flexibility index (Phi) is 8.01. The molecule has 0 bridgehead atoms. The van der Waals surface area contributed by atoms with Crippen LogP contribution < -0.4 is 35.7 Å². The standard InChI is InChI=1S/C59H41BN2O2/c1-59(2)48-24-13-14-26-52(48)63-53-35-33-42(36-49(53)59)61(41-30-28-39(29-31-41)38-16-5-3-6-17-38)43-32-34-50-55(37-43)64-54-27-15-25-51-57(54)60(50)56-46-22-11-9-20-44(46)45-21-10-12-23-47(45)58(56)62(51)40-18-7-4-8-19-40/h3-37H,1-2H3. The zero-order valence-corrected chi connectivity index (χ0v) is 35.5. The number of fused-ring (bicyclic) bond motifs is 11. The first-order valence-corrected chi connectivity index (χ1v) is 22.1. The lowest BCUT2D eigenvalue weighted by atomic mass is 9.33. The molecule has 3 aliphatic heterocycles. The summed E-state index contributed by atoms with van der Waals surface area (Å²) in [4.78, 5) is 4.82. The van der Waals surface area contributed by atoms with Gasteiger partial charge in [-0.2, -0.15) is 0 Å². The predicted octanol–water partition coefficient (Wildman–Crippen LogP) is 14.0. The van der Waals surface area contributed by atoms with E-state index in [1.165, 1.54) is 54.8 Å². The van der Waals surface area contributed by atoms with Gasteiger partial charge in [-0.1, -0.05) is 153 Å². The number of anilines is 6. The summed E-state index contributed by atoms with van der Waals surface area (Å²) in [7, 11) is 0. The van der Waals surface area contributed by atoms with E-state index < -0.39 is 0 Å². The van der Waals surface area contributed by atoms with E-state index in [1.54, 1.807) is 0 Å². The minimum atomic E-state index is -0.279. The minimum absolute atomic E-state index is 0.0752. The fourth-order valence-corrected chi connectivity index (χ4v) is 10.8. The van der Waals surface area contributed by atoms with Gasteiger partial charge in [0.25, 0.3) is 6.71 Å². The molecule has 0 radical (unpaired) electrons. The quantitative estimate of drug-likeness (QED) is 0.128. The summed E-state index contributed by atoms with van der Waals surface area (Å²) in [6, 6.07) is 76.5. The molecule has 0 unspecified atom stereocenters. The van der Waals surface area contributed by atoms with Crippen molar-refractivity contribution in [3.05, 3.63) is 223 Å². The van der Waals surface area contributed by atoms with Crippen LogP contribution in [0.2, 0.25) is 0 Å². The molecule has 0 amide bonds. The van der Waals surface area contributed by atoms with Gasteiger partial charge >= 0.3 is 0 Å². The van der Waals surface area contributed by atoms with Crippen molar-refractivity contribution in [2.24, 2.45) is 0 Å². The van der Waals surface area contributed by atoms with Crippen LogP contribution in [0, 0.1) is 0 Å². The highest BCUT2D eigenvalue weighted by Gasteiger charge is 2.44. The Morgan fingerprint density at radius 3 is 1.80 bits per heavy atom. The first-order chi connectivity index (χ1) is 31.5. The van der Waals surface area contributed by atoms with Gasteiger partial charge in [0.1, 0.15) is 23.0 Å². The highest BCUT2D eigenvalue weighted by molar-refractivity contribution is 7.01. The van der Waals surface area contributed by atoms with Crippen LogP contribution >= 0.6 is 0 Å². The molecule has 13 rings (SSSR count). The van der Waals surface area contributed by atoms with Crippen LogP contribution in [0.3, 0.4) is 0 Å². The fourth-order valence-electron chi connectivity index (χ4n) is 10.8. The van der Waals surface area contributed by atoms with Crippen molar-refractivity contribution < 1.29 is 9.47 Å². The summed E-state index contributed by atoms with van der Waals surface area (Å²) in [5.74, 6) is 3.52. The van der Waals surface area contributed by atoms with Gasteiger partial charge in [0.05, 0.1) is 0 Å². The molecule has 0 aromatic heterocycles. The second-order valence-corrected chi connectivity index (χ2v) is 17.6. The molecule has 0 spiro atoms. The maximum absolute atomic E-state index is 7.15. The molecular weight excluding hydrogens is 779 g/mol. The summed E-state index contributed by atoms with van der Waals surface area (Å²) in [6.45, 7) is 4.51. The van der Waals surface area contributed by atoms with E-state index in [2.05, 4.69) is 230 Å². The zero-order valence-electron chi connectivity index (χ0n) is 35.5. The Morgan fingerprint density at radius 2 is 1.00 bits per heavy atom. The van der Waals surface area contributed by atoms with Gasteiger partial charge in [-0.3, -0.25) is 0 Å². The van der Waals surface area contributed by atoms with E-state index in [4.69, 9.17) is 9.47 Å². The molecule has 4 nitrogen and oxygen atoms in total. The van der Waals surface area contributed by atoms with E-state index in [-0.39, 0.29) is 12.1 Å². The molecular formula is C59H41BN2O2. The topological polar surface area (TPSA) is 24.9 Å². The zero-order chi connectivity index (χ0) is 42.5. The van der Waals surface area contributed by atoms with Crippen LogP contribution in [0.25, 0.3) is 32.7 Å². The fraction of sp³-hybridized carbons (Fsp3) is 0.0508. The molecule has 0 fully saturated rings. The van der Waals surface area contributed by atoms with Gasteiger partial charge < -0.3 is 19.3 Å². The lowest BCUT2D eigenvalue weighted by Gasteiger charge is -2.41. The molecule has 0 aliphatic carbocycles. The van der Waals surface area contributed by atoms with Crippen molar-refractivity contribution >= 4 is 78.8 Å². The third kappa shape index (κ3) is 5.44. The number of hydrogen-bond donors (Lipinski definition) is 0. The molecule has 0 saturated carbocycles. The van der Waals surface area contributed by atoms with Gasteiger partial charge in [-0.15, -0.1) is 0 Å². The van der Waals surface area contributed by atoms with E-state index in [0.29, 0.717) is 0 Å². The van der Waals surface area contributed by atoms with Crippen molar-refractivity contribution in [1.29, 1.82) is 0 Å². The van der Waals surface area contributed by atoms with E-state index in [1.807, 2.05) is 6.07 Å². The number of hydrogen-bond acceptors (Lipinski definition) is 4. The van der Waals surface area contributed by atoms with Crippen LogP contribution in [0.15, 0.2) is 212 Å². The average molecular weight is 821 g/mol. The van der Waals surface area contributed by atoms with E-state index >= 15 is 0 Å². The number of rotatable bonds is 5. The molecule has 64 heavy (non-hydrogen) atoms. The number of para-hydroxylation sites is 2. The molecule has 3 heterocycles. The normalized spacial score (nSPS) is 13.8. The van der Waals surface area contributed by atoms with Crippen LogP contribution in [-0.2, 0) is 5.41 Å². The Bertz CT molecular complexity index is 3490.